The molecule has 0 aliphatic rings. The first-order valence-corrected chi connectivity index (χ1v) is 7.37. The van der Waals surface area contributed by atoms with Crippen LogP contribution in [-0.4, -0.2) is 26.3 Å². The van der Waals surface area contributed by atoms with Crippen molar-refractivity contribution in [3.05, 3.63) is 54.4 Å². The van der Waals surface area contributed by atoms with Crippen LogP contribution in [0.1, 0.15) is 17.9 Å². The summed E-state index contributed by atoms with van der Waals surface area (Å²) in [6, 6.07) is 8.05. The highest BCUT2D eigenvalue weighted by Crippen LogP contribution is 2.18. The van der Waals surface area contributed by atoms with Crippen LogP contribution in [0.5, 0.6) is 0 Å². The molecule has 114 valence electrons. The van der Waals surface area contributed by atoms with Crippen molar-refractivity contribution in [1.82, 2.24) is 25.1 Å². The minimum Gasteiger partial charge on any atom is -0.419 e. The smallest absolute Gasteiger partial charge is 0.247 e. The predicted molar refractivity (Wildman–Crippen MR) is 83.0 cm³/mol. The Kier molecular flexibility index (Phi) is 4.60. The van der Waals surface area contributed by atoms with Crippen LogP contribution in [0.25, 0.3) is 11.5 Å². The highest BCUT2D eigenvalue weighted by molar-refractivity contribution is 5.53. The Morgan fingerprint density at radius 1 is 1.27 bits per heavy atom. The van der Waals surface area contributed by atoms with E-state index in [0.29, 0.717) is 18.3 Å². The van der Waals surface area contributed by atoms with Gasteiger partial charge in [0.05, 0.1) is 12.9 Å². The molecule has 0 aliphatic carbocycles. The third-order valence-electron chi connectivity index (χ3n) is 3.34. The summed E-state index contributed by atoms with van der Waals surface area (Å²) in [6.45, 7) is 4.47. The van der Waals surface area contributed by atoms with Crippen molar-refractivity contribution in [1.29, 1.82) is 0 Å². The quantitative estimate of drug-likeness (QED) is 0.678. The Labute approximate surface area is 129 Å². The van der Waals surface area contributed by atoms with Crippen molar-refractivity contribution in [2.24, 2.45) is 0 Å². The SMILES string of the molecule is Cc1cccc(-c2nnc(CNCCCn3ccnc3)o2)c1. The molecular formula is C16H19N5O. The molecule has 3 rings (SSSR count). The van der Waals surface area contributed by atoms with Crippen LogP contribution in [0.15, 0.2) is 47.4 Å². The fourth-order valence-corrected chi connectivity index (χ4v) is 2.22. The molecule has 2 heterocycles. The van der Waals surface area contributed by atoms with E-state index in [0.717, 1.165) is 25.1 Å². The molecule has 6 nitrogen and oxygen atoms in total. The lowest BCUT2D eigenvalue weighted by Gasteiger charge is -2.02. The van der Waals surface area contributed by atoms with Gasteiger partial charge < -0.3 is 14.3 Å². The minimum atomic E-state index is 0.568. The Morgan fingerprint density at radius 3 is 3.05 bits per heavy atom. The first-order valence-electron chi connectivity index (χ1n) is 7.37. The average Bonchev–Trinajstić information content (AvgIpc) is 3.18. The molecule has 6 heteroatoms. The highest BCUT2D eigenvalue weighted by Gasteiger charge is 2.08. The number of imidazole rings is 1. The predicted octanol–water partition coefficient (Wildman–Crippen LogP) is 2.42. The molecule has 0 radical (unpaired) electrons. The minimum absolute atomic E-state index is 0.568. The number of nitrogens with one attached hydrogen (secondary N) is 1. The van der Waals surface area contributed by atoms with Gasteiger partial charge in [0.25, 0.3) is 0 Å². The third-order valence-corrected chi connectivity index (χ3v) is 3.34. The van der Waals surface area contributed by atoms with E-state index in [1.807, 2.05) is 43.7 Å². The van der Waals surface area contributed by atoms with Gasteiger partial charge in [-0.15, -0.1) is 10.2 Å². The molecule has 0 aliphatic heterocycles. The maximum absolute atomic E-state index is 5.68. The van der Waals surface area contributed by atoms with Gasteiger partial charge in [0.15, 0.2) is 0 Å². The molecule has 1 N–H and O–H groups in total. The first-order chi connectivity index (χ1) is 10.8. The lowest BCUT2D eigenvalue weighted by atomic mass is 10.1. The van der Waals surface area contributed by atoms with E-state index in [-0.39, 0.29) is 0 Å². The largest absolute Gasteiger partial charge is 0.419 e. The Balaban J connectivity index is 1.46. The second-order valence-electron chi connectivity index (χ2n) is 5.20. The summed E-state index contributed by atoms with van der Waals surface area (Å²) in [7, 11) is 0. The van der Waals surface area contributed by atoms with Crippen molar-refractivity contribution >= 4 is 0 Å². The van der Waals surface area contributed by atoms with Crippen molar-refractivity contribution in [3.63, 3.8) is 0 Å². The van der Waals surface area contributed by atoms with Gasteiger partial charge in [0, 0.05) is 24.5 Å². The average molecular weight is 297 g/mol. The molecule has 0 atom stereocenters. The van der Waals surface area contributed by atoms with Gasteiger partial charge in [-0.1, -0.05) is 17.7 Å². The molecule has 0 amide bonds. The van der Waals surface area contributed by atoms with E-state index < -0.39 is 0 Å². The van der Waals surface area contributed by atoms with Crippen LogP contribution in [-0.2, 0) is 13.1 Å². The standard InChI is InChI=1S/C16H19N5O/c1-13-4-2-5-14(10-13)16-20-19-15(22-16)11-17-6-3-8-21-9-7-18-12-21/h2,4-5,7,9-10,12,17H,3,6,8,11H2,1H3. The number of hydrogen-bond acceptors (Lipinski definition) is 5. The highest BCUT2D eigenvalue weighted by atomic mass is 16.4. The Bertz CT molecular complexity index is 705. The lowest BCUT2D eigenvalue weighted by molar-refractivity contribution is 0.470. The second-order valence-corrected chi connectivity index (χ2v) is 5.20. The molecule has 0 bridgehead atoms. The Morgan fingerprint density at radius 2 is 2.23 bits per heavy atom. The van der Waals surface area contributed by atoms with Crippen molar-refractivity contribution < 1.29 is 4.42 Å². The molecule has 22 heavy (non-hydrogen) atoms. The molecule has 0 saturated carbocycles. The topological polar surface area (TPSA) is 68.8 Å². The monoisotopic (exact) mass is 297 g/mol. The summed E-state index contributed by atoms with van der Waals surface area (Å²) in [5.74, 6) is 1.18. The van der Waals surface area contributed by atoms with Crippen LogP contribution in [0, 0.1) is 6.92 Å². The molecule has 1 aromatic carbocycles. The molecule has 0 fully saturated rings. The summed E-state index contributed by atoms with van der Waals surface area (Å²) in [5.41, 5.74) is 2.13. The lowest BCUT2D eigenvalue weighted by Crippen LogP contribution is -2.16. The van der Waals surface area contributed by atoms with Gasteiger partial charge in [0.2, 0.25) is 11.8 Å². The number of aromatic nitrogens is 4. The van der Waals surface area contributed by atoms with Crippen LogP contribution < -0.4 is 5.32 Å². The van der Waals surface area contributed by atoms with E-state index in [1.54, 1.807) is 6.20 Å². The fourth-order valence-electron chi connectivity index (χ4n) is 2.22. The zero-order valence-corrected chi connectivity index (χ0v) is 12.6. The number of rotatable bonds is 7. The maximum Gasteiger partial charge on any atom is 0.247 e. The maximum atomic E-state index is 5.68. The summed E-state index contributed by atoms with van der Waals surface area (Å²) in [4.78, 5) is 4.02. The zero-order chi connectivity index (χ0) is 15.2. The molecule has 0 spiro atoms. The van der Waals surface area contributed by atoms with Gasteiger partial charge >= 0.3 is 0 Å². The molecule has 3 aromatic rings. The summed E-state index contributed by atoms with van der Waals surface area (Å²) >= 11 is 0. The van der Waals surface area contributed by atoms with Gasteiger partial charge in [0.1, 0.15) is 0 Å². The summed E-state index contributed by atoms with van der Waals surface area (Å²) in [5, 5.41) is 11.5. The first kappa shape index (κ1) is 14.5. The molecular weight excluding hydrogens is 278 g/mol. The number of hydrogen-bond donors (Lipinski definition) is 1. The second kappa shape index (κ2) is 7.00. The Hall–Kier alpha value is -2.47. The van der Waals surface area contributed by atoms with Gasteiger partial charge in [-0.05, 0) is 32.0 Å². The van der Waals surface area contributed by atoms with Crippen LogP contribution in [0.2, 0.25) is 0 Å². The third kappa shape index (κ3) is 3.79. The molecule has 0 saturated heterocycles. The van der Waals surface area contributed by atoms with E-state index in [2.05, 4.69) is 25.1 Å². The van der Waals surface area contributed by atoms with Gasteiger partial charge in [-0.25, -0.2) is 4.98 Å². The summed E-state index contributed by atoms with van der Waals surface area (Å²) in [6.07, 6.45) is 6.60. The van der Waals surface area contributed by atoms with Crippen molar-refractivity contribution in [3.8, 4) is 11.5 Å². The zero-order valence-electron chi connectivity index (χ0n) is 12.6. The number of aryl methyl sites for hydroxylation is 2. The van der Waals surface area contributed by atoms with E-state index in [1.165, 1.54) is 5.56 Å². The van der Waals surface area contributed by atoms with Crippen molar-refractivity contribution in [2.45, 2.75) is 26.4 Å². The van der Waals surface area contributed by atoms with E-state index >= 15 is 0 Å². The molecule has 2 aromatic heterocycles. The molecule has 0 unspecified atom stereocenters. The summed E-state index contributed by atoms with van der Waals surface area (Å²) < 4.78 is 7.74. The normalized spacial score (nSPS) is 11.0. The van der Waals surface area contributed by atoms with E-state index in [4.69, 9.17) is 4.42 Å². The van der Waals surface area contributed by atoms with Gasteiger partial charge in [-0.2, -0.15) is 0 Å². The number of benzene rings is 1. The van der Waals surface area contributed by atoms with Crippen LogP contribution in [0.4, 0.5) is 0 Å². The van der Waals surface area contributed by atoms with Crippen molar-refractivity contribution in [2.75, 3.05) is 6.54 Å². The van der Waals surface area contributed by atoms with E-state index in [9.17, 15) is 0 Å². The van der Waals surface area contributed by atoms with Crippen LogP contribution >= 0.6 is 0 Å². The van der Waals surface area contributed by atoms with Crippen LogP contribution in [0.3, 0.4) is 0 Å². The number of nitrogens with zero attached hydrogens (tertiary/aromatic N) is 4. The fraction of sp³-hybridized carbons (Fsp3) is 0.312. The van der Waals surface area contributed by atoms with Gasteiger partial charge in [-0.3, -0.25) is 0 Å².